The van der Waals surface area contributed by atoms with Crippen LogP contribution in [-0.4, -0.2) is 14.8 Å². The molecule has 3 heteroatoms. The number of rotatable bonds is 1. The fourth-order valence-corrected chi connectivity index (χ4v) is 12.5. The normalized spacial score (nSPS) is 19.4. The first-order valence-electron chi connectivity index (χ1n) is 20.2. The van der Waals surface area contributed by atoms with Crippen LogP contribution in [0, 0.1) is 5.41 Å². The smallest absolute Gasteiger partial charge is 0.169 e. The summed E-state index contributed by atoms with van der Waals surface area (Å²) in [5, 5.41) is 7.81. The lowest BCUT2D eigenvalue weighted by molar-refractivity contribution is 0.0748. The number of ketones is 1. The van der Waals surface area contributed by atoms with Gasteiger partial charge in [-0.1, -0.05) is 110 Å². The number of fused-ring (bicyclic) bond motifs is 11. The van der Waals surface area contributed by atoms with Crippen molar-refractivity contribution in [2.75, 3.05) is 0 Å². The molecule has 0 atom stereocenters. The van der Waals surface area contributed by atoms with Crippen molar-refractivity contribution in [2.45, 2.75) is 50.4 Å². The highest BCUT2D eigenvalue weighted by Crippen LogP contribution is 2.59. The van der Waals surface area contributed by atoms with Crippen molar-refractivity contribution in [2.24, 2.45) is 5.41 Å². The van der Waals surface area contributed by atoms with E-state index in [0.717, 1.165) is 43.2 Å². The number of carbonyl (C=O) groups is 1. The zero-order chi connectivity index (χ0) is 35.7. The lowest BCUT2D eigenvalue weighted by atomic mass is 9.60. The fraction of sp³-hybridized carbons (Fsp3) is 0.173. The van der Waals surface area contributed by atoms with Gasteiger partial charge in [0.05, 0.1) is 27.6 Å². The zero-order valence-electron chi connectivity index (χ0n) is 30.4. The molecule has 0 N–H and O–H groups in total. The molecule has 1 saturated carbocycles. The molecular weight excluding hydrogens is 669 g/mol. The van der Waals surface area contributed by atoms with E-state index in [1.807, 2.05) is 0 Å². The summed E-state index contributed by atoms with van der Waals surface area (Å²) in [6, 6.07) is 50.3. The second kappa shape index (κ2) is 9.91. The molecule has 3 nitrogen and oxygen atoms in total. The van der Waals surface area contributed by atoms with Gasteiger partial charge in [0.1, 0.15) is 0 Å². The molecule has 5 aliphatic carbocycles. The summed E-state index contributed by atoms with van der Waals surface area (Å²) >= 11 is 0. The second-order valence-corrected chi connectivity index (χ2v) is 17.0. The Bertz CT molecular complexity index is 3310. The van der Waals surface area contributed by atoms with Gasteiger partial charge in [0.15, 0.2) is 5.78 Å². The summed E-state index contributed by atoms with van der Waals surface area (Å²) in [4.78, 5) is 14.6. The quantitative estimate of drug-likeness (QED) is 0.167. The minimum Gasteiger partial charge on any atom is -0.309 e. The van der Waals surface area contributed by atoms with Crippen LogP contribution in [0.15, 0.2) is 133 Å². The van der Waals surface area contributed by atoms with Gasteiger partial charge in [-0.25, -0.2) is 0 Å². The van der Waals surface area contributed by atoms with Crippen molar-refractivity contribution in [1.29, 1.82) is 0 Å². The van der Waals surface area contributed by atoms with Crippen LogP contribution in [0.3, 0.4) is 0 Å². The maximum atomic E-state index is 14.6. The number of hydrogen-bond donors (Lipinski definition) is 0. The first-order valence-corrected chi connectivity index (χ1v) is 20.2. The maximum absolute atomic E-state index is 14.6. The van der Waals surface area contributed by atoms with Gasteiger partial charge in [-0.15, -0.1) is 0 Å². The van der Waals surface area contributed by atoms with Gasteiger partial charge in [-0.2, -0.15) is 0 Å². The van der Waals surface area contributed by atoms with Crippen molar-refractivity contribution >= 4 is 65.7 Å². The number of hydrogen-bond acceptors (Lipinski definition) is 1. The van der Waals surface area contributed by atoms with Crippen LogP contribution in [0.4, 0.5) is 0 Å². The van der Waals surface area contributed by atoms with Gasteiger partial charge in [0.25, 0.3) is 0 Å². The van der Waals surface area contributed by atoms with Crippen LogP contribution >= 0.6 is 0 Å². The van der Waals surface area contributed by atoms with Gasteiger partial charge in [-0.3, -0.25) is 4.79 Å². The average Bonchev–Trinajstić information content (AvgIpc) is 3.94. The molecular formula is C52H36N2O. The van der Waals surface area contributed by atoms with E-state index in [1.165, 1.54) is 105 Å². The minimum atomic E-state index is -0.226. The first kappa shape index (κ1) is 29.2. The first-order chi connectivity index (χ1) is 27.2. The van der Waals surface area contributed by atoms with Gasteiger partial charge < -0.3 is 8.97 Å². The number of para-hydroxylation sites is 2. The Morgan fingerprint density at radius 1 is 0.509 bits per heavy atom. The summed E-state index contributed by atoms with van der Waals surface area (Å²) in [5.41, 5.74) is 18.0. The third-order valence-corrected chi connectivity index (χ3v) is 14.6. The van der Waals surface area contributed by atoms with Crippen LogP contribution < -0.4 is 0 Å². The molecule has 10 aromatic rings. The van der Waals surface area contributed by atoms with Crippen molar-refractivity contribution < 1.29 is 4.79 Å². The number of Topliss-reactive ketones (excluding diaryl/α,β-unsaturated/α-hetero) is 1. The summed E-state index contributed by atoms with van der Waals surface area (Å²) in [5.74, 6) is 0.757. The summed E-state index contributed by atoms with van der Waals surface area (Å²) in [7, 11) is 0. The predicted molar refractivity (Wildman–Crippen MR) is 224 cm³/mol. The number of nitrogens with zero attached hydrogens (tertiary/aromatic N) is 2. The Hall–Kier alpha value is -6.19. The van der Waals surface area contributed by atoms with E-state index in [1.54, 1.807) is 0 Å². The van der Waals surface area contributed by atoms with Crippen molar-refractivity contribution in [3.63, 3.8) is 0 Å². The topological polar surface area (TPSA) is 26.4 Å². The zero-order valence-corrected chi connectivity index (χ0v) is 30.4. The van der Waals surface area contributed by atoms with Crippen molar-refractivity contribution in [1.82, 2.24) is 8.97 Å². The van der Waals surface area contributed by atoms with E-state index in [-0.39, 0.29) is 17.3 Å². The maximum Gasteiger partial charge on any atom is 0.169 e. The average molecular weight is 705 g/mol. The summed E-state index contributed by atoms with van der Waals surface area (Å²) in [6.07, 6.45) is 6.46. The highest BCUT2D eigenvalue weighted by atomic mass is 16.1. The molecule has 0 radical (unpaired) electrons. The van der Waals surface area contributed by atoms with E-state index in [0.29, 0.717) is 5.78 Å². The molecule has 1 spiro atoms. The van der Waals surface area contributed by atoms with Crippen LogP contribution in [-0.2, 0) is 6.42 Å². The molecule has 3 aromatic heterocycles. The standard InChI is InChI=1S/C52H36N2O/c55-51-37-27-43-39(25-29(37)28-52(51)23-11-2-12-24-52)48-49-38(31-15-9-10-20-41(31)53(49)30-13-3-1-4-14-30)26-40-46-42(54(43)50(40)48)22-21-36-44-32-16-5-7-18-34(32)45(47(36)46)35-19-8-6-17-33(35)44/h1,3-10,13-22,25-27,44-45H,2,11-12,23-24,28H2. The van der Waals surface area contributed by atoms with Gasteiger partial charge in [0, 0.05) is 60.8 Å². The Morgan fingerprint density at radius 2 is 1.20 bits per heavy atom. The van der Waals surface area contributed by atoms with Crippen LogP contribution in [0.2, 0.25) is 0 Å². The Labute approximate surface area is 317 Å². The third-order valence-electron chi connectivity index (χ3n) is 14.6. The van der Waals surface area contributed by atoms with Gasteiger partial charge >= 0.3 is 0 Å². The van der Waals surface area contributed by atoms with Crippen molar-refractivity contribution in [3.05, 3.63) is 178 Å². The van der Waals surface area contributed by atoms with Crippen LogP contribution in [0.1, 0.15) is 93.2 Å². The number of aromatic nitrogens is 2. The highest BCUT2D eigenvalue weighted by molar-refractivity contribution is 6.35. The highest BCUT2D eigenvalue weighted by Gasteiger charge is 2.47. The third kappa shape index (κ3) is 3.36. The Kier molecular flexibility index (Phi) is 5.26. The lowest BCUT2D eigenvalue weighted by Gasteiger charge is -2.42. The lowest BCUT2D eigenvalue weighted by Crippen LogP contribution is -2.30. The molecule has 0 unspecified atom stereocenters. The molecule has 15 rings (SSSR count). The molecule has 7 aromatic carbocycles. The van der Waals surface area contributed by atoms with Gasteiger partial charge in [0.2, 0.25) is 0 Å². The molecule has 0 aliphatic heterocycles. The fourth-order valence-electron chi connectivity index (χ4n) is 12.5. The largest absolute Gasteiger partial charge is 0.309 e. The number of benzene rings is 7. The Morgan fingerprint density at radius 3 is 1.96 bits per heavy atom. The summed E-state index contributed by atoms with van der Waals surface area (Å²) in [6.45, 7) is 0. The van der Waals surface area contributed by atoms with E-state index in [2.05, 4.69) is 142 Å². The minimum absolute atomic E-state index is 0.159. The second-order valence-electron chi connectivity index (χ2n) is 17.0. The van der Waals surface area contributed by atoms with E-state index in [4.69, 9.17) is 0 Å². The number of carbonyl (C=O) groups excluding carboxylic acids is 1. The van der Waals surface area contributed by atoms with Crippen LogP contribution in [0.5, 0.6) is 0 Å². The molecule has 2 bridgehead atoms. The molecule has 3 heterocycles. The monoisotopic (exact) mass is 704 g/mol. The molecule has 0 saturated heterocycles. The molecule has 55 heavy (non-hydrogen) atoms. The Balaban J connectivity index is 1.19. The van der Waals surface area contributed by atoms with Crippen LogP contribution in [0.25, 0.3) is 65.6 Å². The molecule has 1 fully saturated rings. The molecule has 0 amide bonds. The SMILES string of the molecule is O=C1c2cc3c(cc2CC12CCCCC2)c1c2c(cc4c5c6c(ccc5n3c41)C1c3ccccc3C6c3ccccc31)c1ccccc1n2-c1ccccc1. The molecule has 5 aliphatic rings. The van der Waals surface area contributed by atoms with E-state index in [9.17, 15) is 4.79 Å². The van der Waals surface area contributed by atoms with E-state index < -0.39 is 0 Å². The predicted octanol–water partition coefficient (Wildman–Crippen LogP) is 12.6. The van der Waals surface area contributed by atoms with E-state index >= 15 is 0 Å². The van der Waals surface area contributed by atoms with Gasteiger partial charge in [-0.05, 0) is 101 Å². The van der Waals surface area contributed by atoms with Crippen molar-refractivity contribution in [3.8, 4) is 5.69 Å². The summed E-state index contributed by atoms with van der Waals surface area (Å²) < 4.78 is 5.06. The molecule has 260 valence electrons.